The summed E-state index contributed by atoms with van der Waals surface area (Å²) >= 11 is 7.23. The summed E-state index contributed by atoms with van der Waals surface area (Å²) in [5.41, 5.74) is -0.245. The molecule has 2 fully saturated rings. The van der Waals surface area contributed by atoms with Crippen LogP contribution in [0.3, 0.4) is 0 Å². The van der Waals surface area contributed by atoms with Gasteiger partial charge in [-0.15, -0.1) is 11.3 Å². The van der Waals surface area contributed by atoms with E-state index in [9.17, 15) is 18.0 Å². The summed E-state index contributed by atoms with van der Waals surface area (Å²) in [6.45, 7) is 4.35. The maximum Gasteiger partial charge on any atom is 0.264 e. The Labute approximate surface area is 201 Å². The molecular formula is C21H26ClN5O4S2. The molecule has 1 N–H and O–H groups in total. The summed E-state index contributed by atoms with van der Waals surface area (Å²) in [5, 5.41) is 6.49. The maximum atomic E-state index is 13.2. The van der Waals surface area contributed by atoms with Crippen molar-refractivity contribution < 1.29 is 13.2 Å². The first-order valence-corrected chi connectivity index (χ1v) is 13.4. The molecule has 0 bridgehead atoms. The van der Waals surface area contributed by atoms with Crippen LogP contribution in [0.4, 0.5) is 5.82 Å². The molecule has 2 saturated heterocycles. The number of rotatable bonds is 5. The second-order valence-electron chi connectivity index (χ2n) is 8.03. The molecule has 0 radical (unpaired) electrons. The van der Waals surface area contributed by atoms with Crippen molar-refractivity contribution in [3.05, 3.63) is 49.9 Å². The zero-order valence-electron chi connectivity index (χ0n) is 18.2. The van der Waals surface area contributed by atoms with E-state index in [0.29, 0.717) is 54.1 Å². The van der Waals surface area contributed by atoms with Gasteiger partial charge in [0.05, 0.1) is 9.24 Å². The molecule has 178 valence electrons. The van der Waals surface area contributed by atoms with E-state index in [1.807, 2.05) is 0 Å². The van der Waals surface area contributed by atoms with E-state index in [0.717, 1.165) is 0 Å². The van der Waals surface area contributed by atoms with Crippen LogP contribution in [-0.4, -0.2) is 73.0 Å². The number of sulfonamides is 1. The lowest BCUT2D eigenvalue weighted by Crippen LogP contribution is -2.53. The smallest absolute Gasteiger partial charge is 0.264 e. The molecule has 9 nitrogen and oxygen atoms in total. The van der Waals surface area contributed by atoms with Gasteiger partial charge in [0, 0.05) is 56.1 Å². The first-order chi connectivity index (χ1) is 15.8. The number of amides is 1. The quantitative estimate of drug-likeness (QED) is 0.659. The zero-order valence-corrected chi connectivity index (χ0v) is 20.6. The van der Waals surface area contributed by atoms with Crippen LogP contribution in [-0.2, 0) is 14.8 Å². The van der Waals surface area contributed by atoms with Crippen molar-refractivity contribution in [2.75, 3.05) is 44.2 Å². The second-order valence-corrected chi connectivity index (χ2v) is 11.6. The number of carbonyl (C=O) groups is 1. The molecule has 0 aliphatic carbocycles. The van der Waals surface area contributed by atoms with Gasteiger partial charge in [-0.25, -0.2) is 13.5 Å². The number of H-pyrrole nitrogens is 1. The minimum atomic E-state index is -3.66. The number of piperidine rings is 1. The van der Waals surface area contributed by atoms with Crippen LogP contribution >= 0.6 is 22.9 Å². The zero-order chi connectivity index (χ0) is 23.6. The van der Waals surface area contributed by atoms with E-state index in [1.165, 1.54) is 21.7 Å². The van der Waals surface area contributed by atoms with Gasteiger partial charge in [-0.3, -0.25) is 9.59 Å². The van der Waals surface area contributed by atoms with Crippen LogP contribution in [0.5, 0.6) is 0 Å². The van der Waals surface area contributed by atoms with Crippen LogP contribution in [0.15, 0.2) is 35.1 Å². The Morgan fingerprint density at radius 2 is 1.82 bits per heavy atom. The highest BCUT2D eigenvalue weighted by molar-refractivity contribution is 7.98. The van der Waals surface area contributed by atoms with Gasteiger partial charge in [-0.2, -0.15) is 9.40 Å². The average Bonchev–Trinajstić information content (AvgIpc) is 3.25. The highest BCUT2D eigenvalue weighted by atomic mass is 35.5. The molecule has 12 heteroatoms. The molecule has 2 aromatic heterocycles. The van der Waals surface area contributed by atoms with Crippen LogP contribution in [0.1, 0.15) is 24.6 Å². The SMILES string of the molecule is C/C=C(/c1ccc(Cl)s1)S(=O)(=O)N1CCN(C(=O)C2CCN(c3ccc(=O)[nH]n3)CC2)CC1. The first kappa shape index (κ1) is 23.9. The minimum Gasteiger partial charge on any atom is -0.355 e. The lowest BCUT2D eigenvalue weighted by molar-refractivity contribution is -0.137. The van der Waals surface area contributed by atoms with Crippen molar-refractivity contribution in [2.24, 2.45) is 5.92 Å². The molecule has 4 heterocycles. The summed E-state index contributed by atoms with van der Waals surface area (Å²) < 4.78 is 28.3. The summed E-state index contributed by atoms with van der Waals surface area (Å²) in [4.78, 5) is 29.0. The molecule has 2 aromatic rings. The van der Waals surface area contributed by atoms with Crippen LogP contribution in [0, 0.1) is 5.92 Å². The van der Waals surface area contributed by atoms with Gasteiger partial charge < -0.3 is 9.80 Å². The second kappa shape index (κ2) is 9.96. The van der Waals surface area contributed by atoms with Crippen LogP contribution < -0.4 is 10.5 Å². The van der Waals surface area contributed by atoms with Crippen molar-refractivity contribution in [2.45, 2.75) is 19.8 Å². The summed E-state index contributed by atoms with van der Waals surface area (Å²) in [5.74, 6) is 0.690. The number of hydrogen-bond acceptors (Lipinski definition) is 7. The van der Waals surface area contributed by atoms with E-state index in [2.05, 4.69) is 15.1 Å². The molecule has 0 aromatic carbocycles. The van der Waals surface area contributed by atoms with Crippen molar-refractivity contribution in [1.82, 2.24) is 19.4 Å². The lowest BCUT2D eigenvalue weighted by Gasteiger charge is -2.38. The Bertz CT molecular complexity index is 1170. The third-order valence-corrected chi connectivity index (χ3v) is 9.53. The highest BCUT2D eigenvalue weighted by Crippen LogP contribution is 2.33. The molecule has 2 aliphatic heterocycles. The van der Waals surface area contributed by atoms with Crippen molar-refractivity contribution >= 4 is 49.6 Å². The Kier molecular flexibility index (Phi) is 7.22. The molecule has 0 saturated carbocycles. The molecule has 1 amide bonds. The van der Waals surface area contributed by atoms with Crippen molar-refractivity contribution in [3.8, 4) is 0 Å². The van der Waals surface area contributed by atoms with E-state index in [-0.39, 0.29) is 35.4 Å². The number of hydrogen-bond donors (Lipinski definition) is 1. The number of piperazine rings is 1. The van der Waals surface area contributed by atoms with E-state index >= 15 is 0 Å². The molecule has 0 unspecified atom stereocenters. The Morgan fingerprint density at radius 3 is 2.36 bits per heavy atom. The van der Waals surface area contributed by atoms with Crippen molar-refractivity contribution in [3.63, 3.8) is 0 Å². The predicted molar refractivity (Wildman–Crippen MR) is 130 cm³/mol. The van der Waals surface area contributed by atoms with E-state index < -0.39 is 10.0 Å². The summed E-state index contributed by atoms with van der Waals surface area (Å²) in [6, 6.07) is 6.54. The number of nitrogens with one attached hydrogen (secondary N) is 1. The van der Waals surface area contributed by atoms with Gasteiger partial charge in [0.1, 0.15) is 5.82 Å². The van der Waals surface area contributed by atoms with Gasteiger partial charge in [0.15, 0.2) is 0 Å². The lowest BCUT2D eigenvalue weighted by atomic mass is 9.95. The first-order valence-electron chi connectivity index (χ1n) is 10.8. The Morgan fingerprint density at radius 1 is 1.12 bits per heavy atom. The van der Waals surface area contributed by atoms with Crippen molar-refractivity contribution in [1.29, 1.82) is 0 Å². The van der Waals surface area contributed by atoms with Gasteiger partial charge in [-0.1, -0.05) is 17.7 Å². The number of anilines is 1. The summed E-state index contributed by atoms with van der Waals surface area (Å²) in [6.07, 6.45) is 2.99. The molecule has 0 atom stereocenters. The average molecular weight is 512 g/mol. The Balaban J connectivity index is 1.33. The van der Waals surface area contributed by atoms with Crippen LogP contribution in [0.25, 0.3) is 4.91 Å². The van der Waals surface area contributed by atoms with E-state index in [1.54, 1.807) is 36.1 Å². The number of aromatic amines is 1. The van der Waals surface area contributed by atoms with Gasteiger partial charge in [-0.05, 0) is 38.0 Å². The largest absolute Gasteiger partial charge is 0.355 e. The molecule has 2 aliphatic rings. The monoisotopic (exact) mass is 511 g/mol. The standard InChI is InChI=1S/C21H26ClN5O4S2/c1-2-17(16-3-4-18(22)32-16)33(30,31)27-13-11-26(12-14-27)21(29)15-7-9-25(10-8-15)19-5-6-20(28)24-23-19/h2-6,15H,7-14H2,1H3,(H,24,28)/b17-2-. The van der Waals surface area contributed by atoms with Gasteiger partial charge >= 0.3 is 0 Å². The number of nitrogens with zero attached hydrogens (tertiary/aromatic N) is 4. The molecular weight excluding hydrogens is 486 g/mol. The van der Waals surface area contributed by atoms with Gasteiger partial charge in [0.25, 0.3) is 5.56 Å². The number of carbonyl (C=O) groups excluding carboxylic acids is 1. The fourth-order valence-corrected chi connectivity index (χ4v) is 7.28. The number of aromatic nitrogens is 2. The fourth-order valence-electron chi connectivity index (χ4n) is 4.28. The fraction of sp³-hybridized carbons (Fsp3) is 0.476. The maximum absolute atomic E-state index is 13.2. The van der Waals surface area contributed by atoms with Crippen LogP contribution in [0.2, 0.25) is 4.34 Å². The highest BCUT2D eigenvalue weighted by Gasteiger charge is 2.35. The van der Waals surface area contributed by atoms with E-state index in [4.69, 9.17) is 11.6 Å². The minimum absolute atomic E-state index is 0.0809. The number of thiophene rings is 1. The van der Waals surface area contributed by atoms with Gasteiger partial charge in [0.2, 0.25) is 15.9 Å². The number of halogens is 1. The number of allylic oxidation sites excluding steroid dienone is 1. The molecule has 33 heavy (non-hydrogen) atoms. The summed E-state index contributed by atoms with van der Waals surface area (Å²) in [7, 11) is -3.66. The molecule has 0 spiro atoms. The topological polar surface area (TPSA) is 107 Å². The predicted octanol–water partition coefficient (Wildman–Crippen LogP) is 2.24. The normalized spacial score (nSPS) is 19.2. The third kappa shape index (κ3) is 5.16. The molecule has 4 rings (SSSR count). The Hall–Kier alpha value is -2.21. The third-order valence-electron chi connectivity index (χ3n) is 6.08.